The van der Waals surface area contributed by atoms with Gasteiger partial charge in [-0.3, -0.25) is 0 Å². The monoisotopic (exact) mass is 376 g/mol. The number of tetrazole rings is 1. The van der Waals surface area contributed by atoms with Gasteiger partial charge in [0.25, 0.3) is 0 Å². The van der Waals surface area contributed by atoms with E-state index in [1.807, 2.05) is 12.1 Å². The van der Waals surface area contributed by atoms with E-state index in [1.165, 1.54) is 50.1 Å². The number of hydrogen-bond donors (Lipinski definition) is 2. The molecule has 1 aromatic heterocycles. The molecule has 1 atom stereocenters. The Kier molecular flexibility index (Phi) is 5.52. The van der Waals surface area contributed by atoms with Gasteiger partial charge in [0.1, 0.15) is 26.2 Å². The average Bonchev–Trinajstić information content (AvgIpc) is 3.15. The van der Waals surface area contributed by atoms with E-state index in [4.69, 9.17) is 11.6 Å². The van der Waals surface area contributed by atoms with Crippen LogP contribution in [0.15, 0.2) is 24.3 Å². The van der Waals surface area contributed by atoms with Gasteiger partial charge < -0.3 is 9.80 Å². The Hall–Kier alpha value is -1.50. The van der Waals surface area contributed by atoms with E-state index in [9.17, 15) is 0 Å². The molecule has 1 saturated heterocycles. The van der Waals surface area contributed by atoms with Gasteiger partial charge in [-0.2, -0.15) is 0 Å². The molecule has 1 aromatic carbocycles. The quantitative estimate of drug-likeness (QED) is 0.808. The Morgan fingerprint density at radius 1 is 1.08 bits per heavy atom. The van der Waals surface area contributed by atoms with Crippen LogP contribution in [0.25, 0.3) is 0 Å². The molecule has 2 aromatic rings. The van der Waals surface area contributed by atoms with Crippen LogP contribution in [0.5, 0.6) is 0 Å². The lowest BCUT2D eigenvalue weighted by molar-refractivity contribution is -1.02. The third-order valence-corrected chi connectivity index (χ3v) is 6.41. The van der Waals surface area contributed by atoms with Crippen LogP contribution >= 0.6 is 11.6 Å². The van der Waals surface area contributed by atoms with Crippen LogP contribution in [0, 0.1) is 0 Å². The maximum atomic E-state index is 6.63. The van der Waals surface area contributed by atoms with Crippen molar-refractivity contribution >= 4 is 11.6 Å². The predicted molar refractivity (Wildman–Crippen MR) is 101 cm³/mol. The molecule has 1 saturated carbocycles. The van der Waals surface area contributed by atoms with Gasteiger partial charge in [0.05, 0.1) is 18.1 Å². The second kappa shape index (κ2) is 8.03. The smallest absolute Gasteiger partial charge is 0.214 e. The summed E-state index contributed by atoms with van der Waals surface area (Å²) in [5, 5.41) is 13.8. The van der Waals surface area contributed by atoms with Crippen molar-refractivity contribution in [3.63, 3.8) is 0 Å². The van der Waals surface area contributed by atoms with Crippen molar-refractivity contribution in [2.24, 2.45) is 0 Å². The summed E-state index contributed by atoms with van der Waals surface area (Å²) < 4.78 is 2.12. The molecule has 6 nitrogen and oxygen atoms in total. The maximum absolute atomic E-state index is 6.63. The number of likely N-dealkylation sites (N-methyl/N-ethyl adjacent to an activating group) is 1. The van der Waals surface area contributed by atoms with E-state index in [-0.39, 0.29) is 6.04 Å². The number of aromatic nitrogens is 4. The van der Waals surface area contributed by atoms with Gasteiger partial charge in [0, 0.05) is 5.56 Å². The molecule has 0 amide bonds. The fourth-order valence-electron chi connectivity index (χ4n) is 4.51. The number of piperazine rings is 1. The minimum atomic E-state index is 0.105. The minimum absolute atomic E-state index is 0.105. The molecular formula is C19H29ClN6+2. The molecule has 0 bridgehead atoms. The van der Waals surface area contributed by atoms with Crippen molar-refractivity contribution < 1.29 is 9.80 Å². The summed E-state index contributed by atoms with van der Waals surface area (Å²) >= 11 is 6.63. The van der Waals surface area contributed by atoms with E-state index in [0.29, 0.717) is 6.04 Å². The SMILES string of the molecule is C[NH+]1CC[NH+]([C@@H](c2ccccc2Cl)c2nnnn2C2CCCCC2)CC1. The van der Waals surface area contributed by atoms with Crippen molar-refractivity contribution in [1.82, 2.24) is 20.2 Å². The molecule has 26 heavy (non-hydrogen) atoms. The van der Waals surface area contributed by atoms with Gasteiger partial charge in [-0.05, 0) is 29.3 Å². The van der Waals surface area contributed by atoms with Crippen LogP contribution in [0.4, 0.5) is 0 Å². The topological polar surface area (TPSA) is 52.5 Å². The van der Waals surface area contributed by atoms with E-state index >= 15 is 0 Å². The van der Waals surface area contributed by atoms with Gasteiger partial charge in [0.15, 0.2) is 6.04 Å². The van der Waals surface area contributed by atoms with E-state index in [1.54, 1.807) is 4.90 Å². The molecule has 2 aliphatic rings. The summed E-state index contributed by atoms with van der Waals surface area (Å²) in [6.07, 6.45) is 6.22. The summed E-state index contributed by atoms with van der Waals surface area (Å²) in [5.74, 6) is 0.986. The zero-order valence-electron chi connectivity index (χ0n) is 15.5. The van der Waals surface area contributed by atoms with E-state index < -0.39 is 0 Å². The summed E-state index contributed by atoms with van der Waals surface area (Å²) in [4.78, 5) is 3.12. The molecular weight excluding hydrogens is 348 g/mol. The number of rotatable bonds is 4. The van der Waals surface area contributed by atoms with Gasteiger partial charge in [-0.15, -0.1) is 5.10 Å². The van der Waals surface area contributed by atoms with Gasteiger partial charge in [0.2, 0.25) is 5.82 Å². The molecule has 2 fully saturated rings. The summed E-state index contributed by atoms with van der Waals surface area (Å²) in [6.45, 7) is 4.56. The van der Waals surface area contributed by atoms with Crippen molar-refractivity contribution in [3.05, 3.63) is 40.7 Å². The molecule has 1 aliphatic heterocycles. The lowest BCUT2D eigenvalue weighted by Gasteiger charge is -2.34. The zero-order valence-corrected chi connectivity index (χ0v) is 16.3. The molecule has 0 unspecified atom stereocenters. The number of nitrogens with one attached hydrogen (secondary N) is 2. The van der Waals surface area contributed by atoms with Crippen LogP contribution in [0.3, 0.4) is 0 Å². The van der Waals surface area contributed by atoms with Crippen LogP contribution < -0.4 is 9.80 Å². The van der Waals surface area contributed by atoms with Crippen LogP contribution in [0.1, 0.15) is 55.6 Å². The first kappa shape index (κ1) is 17.9. The highest BCUT2D eigenvalue weighted by Gasteiger charge is 2.37. The van der Waals surface area contributed by atoms with Crippen LogP contribution in [-0.2, 0) is 0 Å². The number of benzene rings is 1. The number of halogens is 1. The Morgan fingerprint density at radius 2 is 1.81 bits per heavy atom. The van der Waals surface area contributed by atoms with Gasteiger partial charge >= 0.3 is 0 Å². The third-order valence-electron chi connectivity index (χ3n) is 6.07. The highest BCUT2D eigenvalue weighted by atomic mass is 35.5. The van der Waals surface area contributed by atoms with Gasteiger partial charge in [-0.25, -0.2) is 4.68 Å². The number of hydrogen-bond acceptors (Lipinski definition) is 3. The Morgan fingerprint density at radius 3 is 2.54 bits per heavy atom. The zero-order chi connectivity index (χ0) is 17.9. The van der Waals surface area contributed by atoms with E-state index in [0.717, 1.165) is 29.5 Å². The molecule has 2 heterocycles. The Labute approximate surface area is 160 Å². The van der Waals surface area contributed by atoms with Crippen LogP contribution in [-0.4, -0.2) is 53.4 Å². The van der Waals surface area contributed by atoms with E-state index in [2.05, 4.69) is 39.4 Å². The first-order valence-electron chi connectivity index (χ1n) is 9.92. The third kappa shape index (κ3) is 3.63. The minimum Gasteiger partial charge on any atom is -0.328 e. The number of nitrogens with zero attached hydrogens (tertiary/aromatic N) is 4. The lowest BCUT2D eigenvalue weighted by Crippen LogP contribution is -3.27. The fourth-order valence-corrected chi connectivity index (χ4v) is 4.76. The molecule has 7 heteroatoms. The average molecular weight is 377 g/mol. The highest BCUT2D eigenvalue weighted by molar-refractivity contribution is 6.31. The molecule has 0 radical (unpaired) electrons. The second-order valence-electron chi connectivity index (χ2n) is 7.84. The predicted octanol–water partition coefficient (Wildman–Crippen LogP) is 0.334. The first-order chi connectivity index (χ1) is 12.7. The number of quaternary nitrogens is 2. The van der Waals surface area contributed by atoms with Crippen LogP contribution in [0.2, 0.25) is 5.02 Å². The fraction of sp³-hybridized carbons (Fsp3) is 0.632. The summed E-state index contributed by atoms with van der Waals surface area (Å²) in [7, 11) is 2.27. The normalized spacial score (nSPS) is 25.9. The summed E-state index contributed by atoms with van der Waals surface area (Å²) in [6, 6.07) is 8.73. The molecule has 140 valence electrons. The first-order valence-corrected chi connectivity index (χ1v) is 10.3. The molecule has 0 spiro atoms. The standard InChI is InChI=1S/C19H27ClN6/c1-24-11-13-25(14-12-24)18(16-9-5-6-10-17(16)20)19-21-22-23-26(19)15-7-3-2-4-8-15/h5-6,9-10,15,18H,2-4,7-8,11-14H2,1H3/p+2/t18-/m0/s1. The highest BCUT2D eigenvalue weighted by Crippen LogP contribution is 2.31. The molecule has 1 aliphatic carbocycles. The maximum Gasteiger partial charge on any atom is 0.214 e. The largest absolute Gasteiger partial charge is 0.328 e. The molecule has 2 N–H and O–H groups in total. The van der Waals surface area contributed by atoms with Crippen molar-refractivity contribution in [1.29, 1.82) is 0 Å². The van der Waals surface area contributed by atoms with Crippen molar-refractivity contribution in [2.75, 3.05) is 33.2 Å². The Balaban J connectivity index is 1.72. The second-order valence-corrected chi connectivity index (χ2v) is 8.25. The summed E-state index contributed by atoms with van der Waals surface area (Å²) in [5.41, 5.74) is 1.15. The van der Waals surface area contributed by atoms with Crippen molar-refractivity contribution in [2.45, 2.75) is 44.2 Å². The Bertz CT molecular complexity index is 718. The molecule has 4 rings (SSSR count). The van der Waals surface area contributed by atoms with Gasteiger partial charge in [-0.1, -0.05) is 49.1 Å². The van der Waals surface area contributed by atoms with Crippen molar-refractivity contribution in [3.8, 4) is 0 Å². The lowest BCUT2D eigenvalue weighted by atomic mass is 9.95.